The highest BCUT2D eigenvalue weighted by Gasteiger charge is 2.28. The zero-order valence-electron chi connectivity index (χ0n) is 13.5. The summed E-state index contributed by atoms with van der Waals surface area (Å²) in [5.41, 5.74) is 0. The van der Waals surface area contributed by atoms with Gasteiger partial charge in [0.1, 0.15) is 0 Å². The normalized spacial score (nSPS) is 14.9. The quantitative estimate of drug-likeness (QED) is 0.492. The Morgan fingerprint density at radius 2 is 1.48 bits per heavy atom. The monoisotopic (exact) mass is 330 g/mol. The topological polar surface area (TPSA) is 35.5 Å². The molecule has 0 fully saturated rings. The smallest absolute Gasteiger partial charge is 0.300 e. The molecule has 0 radical (unpaired) electrons. The highest BCUT2D eigenvalue weighted by atomic mass is 32.7. The lowest BCUT2D eigenvalue weighted by atomic mass is 10.1. The first-order valence-electron chi connectivity index (χ1n) is 7.62. The minimum atomic E-state index is -3.16. The Morgan fingerprint density at radius 1 is 1.00 bits per heavy atom. The first-order chi connectivity index (χ1) is 9.99. The van der Waals surface area contributed by atoms with Crippen LogP contribution < -0.4 is 0 Å². The second kappa shape index (κ2) is 9.68. The van der Waals surface area contributed by atoms with Gasteiger partial charge in [-0.15, -0.1) is 0 Å². The molecule has 0 bridgehead atoms. The Labute approximate surface area is 133 Å². The molecule has 0 amide bonds. The molecule has 0 saturated heterocycles. The molecular weight excluding hydrogens is 303 g/mol. The van der Waals surface area contributed by atoms with Gasteiger partial charge in [0.25, 0.3) is 0 Å². The fraction of sp³-hybridized carbons (Fsp3) is 0.625. The summed E-state index contributed by atoms with van der Waals surface area (Å²) >= 11 is 1.21. The average molecular weight is 330 g/mol. The van der Waals surface area contributed by atoms with Gasteiger partial charge < -0.3 is 9.05 Å². The predicted octanol–water partition coefficient (Wildman–Crippen LogP) is 6.01. The van der Waals surface area contributed by atoms with Crippen LogP contribution in [-0.2, 0) is 13.6 Å². The maximum Gasteiger partial charge on any atom is 0.393 e. The number of hydrogen-bond acceptors (Lipinski definition) is 4. The van der Waals surface area contributed by atoms with E-state index in [9.17, 15) is 4.57 Å². The molecule has 0 N–H and O–H groups in total. The van der Waals surface area contributed by atoms with Gasteiger partial charge in [0.15, 0.2) is 0 Å². The molecule has 1 aromatic carbocycles. The Morgan fingerprint density at radius 3 is 1.90 bits per heavy atom. The van der Waals surface area contributed by atoms with E-state index in [2.05, 4.69) is 27.7 Å². The van der Waals surface area contributed by atoms with Crippen molar-refractivity contribution in [3.05, 3.63) is 30.3 Å². The van der Waals surface area contributed by atoms with Gasteiger partial charge in [-0.2, -0.15) is 0 Å². The Kier molecular flexibility index (Phi) is 8.65. The van der Waals surface area contributed by atoms with Gasteiger partial charge >= 0.3 is 6.80 Å². The molecule has 0 heterocycles. The molecule has 0 aromatic heterocycles. The fourth-order valence-corrected chi connectivity index (χ4v) is 4.79. The average Bonchev–Trinajstić information content (AvgIpc) is 2.51. The zero-order chi connectivity index (χ0) is 15.7. The maximum absolute atomic E-state index is 12.9. The minimum absolute atomic E-state index is 0.377. The van der Waals surface area contributed by atoms with Crippen molar-refractivity contribution < 1.29 is 13.6 Å². The molecule has 1 rings (SSSR count). The van der Waals surface area contributed by atoms with Gasteiger partial charge in [-0.3, -0.25) is 0 Å². The van der Waals surface area contributed by atoms with Crippen molar-refractivity contribution >= 4 is 18.2 Å². The van der Waals surface area contributed by atoms with Crippen molar-refractivity contribution in [3.8, 4) is 0 Å². The molecule has 0 aliphatic heterocycles. The zero-order valence-corrected chi connectivity index (χ0v) is 15.2. The lowest BCUT2D eigenvalue weighted by Gasteiger charge is -2.21. The van der Waals surface area contributed by atoms with E-state index >= 15 is 0 Å². The second-order valence-corrected chi connectivity index (χ2v) is 9.42. The predicted molar refractivity (Wildman–Crippen MR) is 90.7 cm³/mol. The standard InChI is InChI=1S/C16H27O3PS/c1-5-14(3)12-18-20(17,19-13-15(4)6-2)21-16-10-8-7-9-11-16/h7-11,14-15H,5-6,12-13H2,1-4H3/t14-,15-/m0/s1. The maximum atomic E-state index is 12.9. The second-order valence-electron chi connectivity index (χ2n) is 5.47. The molecule has 5 heteroatoms. The third-order valence-electron chi connectivity index (χ3n) is 3.39. The van der Waals surface area contributed by atoms with Crippen molar-refractivity contribution in [3.63, 3.8) is 0 Å². The summed E-state index contributed by atoms with van der Waals surface area (Å²) in [6, 6.07) is 9.65. The third kappa shape index (κ3) is 7.51. The summed E-state index contributed by atoms with van der Waals surface area (Å²) in [5.74, 6) is 0.754. The number of benzene rings is 1. The van der Waals surface area contributed by atoms with Crippen LogP contribution >= 0.6 is 18.2 Å². The van der Waals surface area contributed by atoms with Crippen LogP contribution in [0.2, 0.25) is 0 Å². The van der Waals surface area contributed by atoms with Gasteiger partial charge in [0.05, 0.1) is 13.2 Å². The molecule has 0 saturated carbocycles. The van der Waals surface area contributed by atoms with Crippen LogP contribution in [0.25, 0.3) is 0 Å². The molecule has 0 aliphatic rings. The van der Waals surface area contributed by atoms with Gasteiger partial charge in [0.2, 0.25) is 0 Å². The van der Waals surface area contributed by atoms with Gasteiger partial charge in [-0.25, -0.2) is 4.57 Å². The molecule has 120 valence electrons. The molecule has 0 unspecified atom stereocenters. The molecule has 3 nitrogen and oxygen atoms in total. The van der Waals surface area contributed by atoms with Crippen LogP contribution in [0, 0.1) is 11.8 Å². The highest BCUT2D eigenvalue weighted by Crippen LogP contribution is 2.64. The Balaban J connectivity index is 2.70. The summed E-state index contributed by atoms with van der Waals surface area (Å²) in [6.07, 6.45) is 2.00. The van der Waals surface area contributed by atoms with E-state index in [4.69, 9.17) is 9.05 Å². The summed E-state index contributed by atoms with van der Waals surface area (Å²) in [4.78, 5) is 0.911. The fourth-order valence-electron chi connectivity index (χ4n) is 1.37. The summed E-state index contributed by atoms with van der Waals surface area (Å²) in [7, 11) is 0. The van der Waals surface area contributed by atoms with Crippen molar-refractivity contribution in [2.75, 3.05) is 13.2 Å². The van der Waals surface area contributed by atoms with Crippen molar-refractivity contribution in [2.45, 2.75) is 45.4 Å². The summed E-state index contributed by atoms with van der Waals surface area (Å²) < 4.78 is 24.3. The molecular formula is C16H27O3PS. The van der Waals surface area contributed by atoms with Crippen molar-refractivity contribution in [1.82, 2.24) is 0 Å². The molecule has 1 aromatic rings. The largest absolute Gasteiger partial charge is 0.393 e. The van der Waals surface area contributed by atoms with Gasteiger partial charge in [0, 0.05) is 4.90 Å². The minimum Gasteiger partial charge on any atom is -0.300 e. The number of rotatable bonds is 10. The van der Waals surface area contributed by atoms with E-state index in [0.29, 0.717) is 25.0 Å². The number of hydrogen-bond donors (Lipinski definition) is 0. The summed E-state index contributed by atoms with van der Waals surface area (Å²) in [6.45, 7) is 6.15. The van der Waals surface area contributed by atoms with Crippen LogP contribution in [0.3, 0.4) is 0 Å². The molecule has 0 aliphatic carbocycles. The SMILES string of the molecule is CC[C@H](C)COP(=O)(OC[C@@H](C)CC)Sc1ccccc1. The van der Waals surface area contributed by atoms with Crippen molar-refractivity contribution in [2.24, 2.45) is 11.8 Å². The Bertz CT molecular complexity index is 420. The van der Waals surface area contributed by atoms with E-state index in [1.54, 1.807) is 0 Å². The van der Waals surface area contributed by atoms with Crippen LogP contribution in [-0.4, -0.2) is 13.2 Å². The first kappa shape index (κ1) is 18.8. The van der Waals surface area contributed by atoms with E-state index in [0.717, 1.165) is 17.7 Å². The third-order valence-corrected chi connectivity index (χ3v) is 6.96. The Hall–Kier alpha value is -0.280. The van der Waals surface area contributed by atoms with E-state index in [1.807, 2.05) is 30.3 Å². The van der Waals surface area contributed by atoms with E-state index in [-0.39, 0.29) is 0 Å². The van der Waals surface area contributed by atoms with Crippen molar-refractivity contribution in [1.29, 1.82) is 0 Å². The van der Waals surface area contributed by atoms with E-state index < -0.39 is 6.80 Å². The van der Waals surface area contributed by atoms with Gasteiger partial charge in [-0.1, -0.05) is 58.7 Å². The molecule has 21 heavy (non-hydrogen) atoms. The summed E-state index contributed by atoms with van der Waals surface area (Å²) in [5, 5.41) is 0. The van der Waals surface area contributed by atoms with Gasteiger partial charge in [-0.05, 0) is 35.4 Å². The van der Waals surface area contributed by atoms with Crippen LogP contribution in [0.1, 0.15) is 40.5 Å². The van der Waals surface area contributed by atoms with Crippen LogP contribution in [0.15, 0.2) is 35.2 Å². The lowest BCUT2D eigenvalue weighted by Crippen LogP contribution is -2.07. The van der Waals surface area contributed by atoms with E-state index in [1.165, 1.54) is 11.4 Å². The first-order valence-corrected chi connectivity index (χ1v) is 10.6. The highest BCUT2D eigenvalue weighted by molar-refractivity contribution is 8.55. The van der Waals surface area contributed by atoms with Crippen LogP contribution in [0.5, 0.6) is 0 Å². The van der Waals surface area contributed by atoms with Crippen LogP contribution in [0.4, 0.5) is 0 Å². The molecule has 2 atom stereocenters. The lowest BCUT2D eigenvalue weighted by molar-refractivity contribution is 0.177. The molecule has 0 spiro atoms.